The minimum absolute atomic E-state index is 0.305. The fourth-order valence-corrected chi connectivity index (χ4v) is 2.87. The van der Waals surface area contributed by atoms with E-state index in [9.17, 15) is 19.6 Å². The zero-order chi connectivity index (χ0) is 24.4. The summed E-state index contributed by atoms with van der Waals surface area (Å²) in [4.78, 5) is 31.4. The maximum Gasteiger partial charge on any atom is 0.338 e. The molecule has 0 radical (unpaired) electrons. The molecule has 2 unspecified atom stereocenters. The molecule has 1 aromatic heterocycles. The van der Waals surface area contributed by atoms with Gasteiger partial charge in [0.05, 0.1) is 23.3 Å². The average Bonchev–Trinajstić information content (AvgIpc) is 3.24. The number of hydrogen-bond acceptors (Lipinski definition) is 7. The minimum atomic E-state index is -2.27. The Morgan fingerprint density at radius 2 is 1.58 bits per heavy atom. The zero-order valence-corrected chi connectivity index (χ0v) is 17.4. The van der Waals surface area contributed by atoms with Crippen LogP contribution in [0.25, 0.3) is 10.9 Å². The number of hydrogen-bond donors (Lipinski definition) is 4. The van der Waals surface area contributed by atoms with Gasteiger partial charge < -0.3 is 29.7 Å². The Labute approximate surface area is 188 Å². The summed E-state index contributed by atoms with van der Waals surface area (Å²) < 4.78 is 7.31. The lowest BCUT2D eigenvalue weighted by atomic mass is 10.1. The number of aliphatic hydroxyl groups excluding tert-OH is 2. The topological polar surface area (TPSA) is 170 Å². The van der Waals surface area contributed by atoms with Gasteiger partial charge in [-0.15, -0.1) is 0 Å². The Morgan fingerprint density at radius 1 is 0.939 bits per heavy atom. The molecule has 0 amide bonds. The maximum atomic E-state index is 11.8. The Morgan fingerprint density at radius 3 is 2.15 bits per heavy atom. The number of aromatic nitrogens is 1. The number of para-hydroxylation sites is 1. The van der Waals surface area contributed by atoms with Crippen LogP contribution in [0.2, 0.25) is 0 Å². The smallest absolute Gasteiger partial charge is 0.338 e. The highest BCUT2D eigenvalue weighted by molar-refractivity contribution is 5.89. The van der Waals surface area contributed by atoms with E-state index in [-0.39, 0.29) is 5.97 Å². The summed E-state index contributed by atoms with van der Waals surface area (Å²) in [6, 6.07) is 18.9. The van der Waals surface area contributed by atoms with Crippen LogP contribution in [-0.4, -0.2) is 61.7 Å². The van der Waals surface area contributed by atoms with E-state index >= 15 is 0 Å². The molecule has 1 heterocycles. The van der Waals surface area contributed by atoms with Gasteiger partial charge in [0, 0.05) is 18.1 Å². The molecule has 0 bridgehead atoms. The molecule has 0 aliphatic heterocycles. The van der Waals surface area contributed by atoms with Gasteiger partial charge in [-0.05, 0) is 30.7 Å². The van der Waals surface area contributed by atoms with Gasteiger partial charge in [0.1, 0.15) is 6.07 Å². The Bertz CT molecular complexity index is 1130. The molecule has 4 N–H and O–H groups in total. The van der Waals surface area contributed by atoms with Crippen LogP contribution in [0.4, 0.5) is 0 Å². The first-order valence-corrected chi connectivity index (χ1v) is 9.78. The number of carbonyl (C=O) groups is 3. The number of esters is 1. The maximum absolute atomic E-state index is 11.8. The van der Waals surface area contributed by atoms with Gasteiger partial charge in [-0.1, -0.05) is 30.3 Å². The lowest BCUT2D eigenvalue weighted by Gasteiger charge is -2.08. The molecule has 0 aliphatic carbocycles. The quantitative estimate of drug-likeness (QED) is 0.292. The third-order valence-corrected chi connectivity index (χ3v) is 4.50. The van der Waals surface area contributed by atoms with Crippen LogP contribution >= 0.6 is 0 Å². The van der Waals surface area contributed by atoms with Crippen LogP contribution in [0.1, 0.15) is 22.3 Å². The van der Waals surface area contributed by atoms with E-state index in [4.69, 9.17) is 25.2 Å². The van der Waals surface area contributed by atoms with Crippen molar-refractivity contribution in [3.8, 4) is 6.07 Å². The molecule has 0 spiro atoms. The third kappa shape index (κ3) is 6.90. The molecular formula is C23H22N2O8. The molecule has 33 heavy (non-hydrogen) atoms. The monoisotopic (exact) mass is 454 g/mol. The van der Waals surface area contributed by atoms with Crippen molar-refractivity contribution >= 4 is 28.8 Å². The zero-order valence-electron chi connectivity index (χ0n) is 17.4. The number of aliphatic carboxylic acids is 2. The van der Waals surface area contributed by atoms with Crippen LogP contribution in [-0.2, 0) is 20.9 Å². The molecule has 0 saturated carbocycles. The van der Waals surface area contributed by atoms with E-state index in [2.05, 4.69) is 6.07 Å². The van der Waals surface area contributed by atoms with Crippen LogP contribution in [0, 0.1) is 11.3 Å². The number of fused-ring (bicyclic) bond motifs is 1. The second-order valence-corrected chi connectivity index (χ2v) is 6.79. The largest absolute Gasteiger partial charge is 0.479 e. The number of aryl methyl sites for hydroxylation is 1. The van der Waals surface area contributed by atoms with Crippen molar-refractivity contribution in [2.75, 3.05) is 6.61 Å². The molecule has 2 atom stereocenters. The fourth-order valence-electron chi connectivity index (χ4n) is 2.87. The molecule has 3 aromatic rings. The van der Waals surface area contributed by atoms with Crippen molar-refractivity contribution in [3.63, 3.8) is 0 Å². The number of benzene rings is 2. The highest BCUT2D eigenvalue weighted by Gasteiger charge is 2.29. The first-order valence-electron chi connectivity index (χ1n) is 9.78. The molecule has 0 fully saturated rings. The molecular weight excluding hydrogens is 432 g/mol. The number of rotatable bonds is 8. The highest BCUT2D eigenvalue weighted by Crippen LogP contribution is 2.20. The summed E-state index contributed by atoms with van der Waals surface area (Å²) in [5.74, 6) is -3.84. The Kier molecular flexibility index (Phi) is 9.11. The van der Waals surface area contributed by atoms with Crippen molar-refractivity contribution in [2.45, 2.75) is 25.2 Å². The van der Waals surface area contributed by atoms with Crippen molar-refractivity contribution in [3.05, 3.63) is 71.9 Å². The predicted molar refractivity (Wildman–Crippen MR) is 115 cm³/mol. The van der Waals surface area contributed by atoms with Gasteiger partial charge in [-0.2, -0.15) is 5.26 Å². The number of nitriles is 1. The first-order chi connectivity index (χ1) is 15.8. The second-order valence-electron chi connectivity index (χ2n) is 6.79. The van der Waals surface area contributed by atoms with Crippen LogP contribution in [0.5, 0.6) is 0 Å². The standard InChI is InChI=1S/C19H16N2O2.C4H6O6/c20-14-17-9-4-8-15-10-12-21(18(15)17)11-5-13-23-19(22)16-6-2-1-3-7-16;5-1(3(7)8)2(6)4(9)10/h1-4,6-10,12H,5,11,13H2;1-2,5-6H,(H,7,8)(H,9,10). The lowest BCUT2D eigenvalue weighted by molar-refractivity contribution is -0.165. The summed E-state index contributed by atoms with van der Waals surface area (Å²) in [6.45, 7) is 1.05. The molecule has 0 aliphatic rings. The van der Waals surface area contributed by atoms with E-state index in [0.29, 0.717) is 30.7 Å². The molecule has 2 aromatic carbocycles. The summed E-state index contributed by atoms with van der Waals surface area (Å²) in [6.07, 6.45) is -1.87. The first kappa shape index (κ1) is 25.1. The minimum Gasteiger partial charge on any atom is -0.479 e. The van der Waals surface area contributed by atoms with Crippen molar-refractivity contribution in [1.29, 1.82) is 5.26 Å². The van der Waals surface area contributed by atoms with Crippen molar-refractivity contribution in [1.82, 2.24) is 4.57 Å². The number of carboxylic acids is 2. The van der Waals surface area contributed by atoms with Crippen LogP contribution in [0.3, 0.4) is 0 Å². The van der Waals surface area contributed by atoms with Crippen molar-refractivity contribution < 1.29 is 39.5 Å². The molecule has 0 saturated heterocycles. The van der Waals surface area contributed by atoms with Gasteiger partial charge in [-0.25, -0.2) is 14.4 Å². The molecule has 3 rings (SSSR count). The normalized spacial score (nSPS) is 12.0. The summed E-state index contributed by atoms with van der Waals surface area (Å²) >= 11 is 0. The van der Waals surface area contributed by atoms with Gasteiger partial charge >= 0.3 is 17.9 Å². The number of carbonyl (C=O) groups excluding carboxylic acids is 1. The van der Waals surface area contributed by atoms with Crippen LogP contribution < -0.4 is 0 Å². The van der Waals surface area contributed by atoms with E-state index in [1.807, 2.05) is 53.2 Å². The highest BCUT2D eigenvalue weighted by atomic mass is 16.5. The second kappa shape index (κ2) is 12.0. The van der Waals surface area contributed by atoms with Gasteiger partial charge in [0.15, 0.2) is 12.2 Å². The fraction of sp³-hybridized carbons (Fsp3) is 0.217. The van der Waals surface area contributed by atoms with Gasteiger partial charge in [0.2, 0.25) is 0 Å². The van der Waals surface area contributed by atoms with Gasteiger partial charge in [-0.3, -0.25) is 0 Å². The van der Waals surface area contributed by atoms with E-state index < -0.39 is 24.1 Å². The number of carboxylic acid groups (broad SMARTS) is 2. The molecule has 10 heteroatoms. The van der Waals surface area contributed by atoms with Gasteiger partial charge in [0.25, 0.3) is 0 Å². The number of aliphatic hydroxyl groups is 2. The van der Waals surface area contributed by atoms with Crippen molar-refractivity contribution in [2.24, 2.45) is 0 Å². The van der Waals surface area contributed by atoms with Crippen LogP contribution in [0.15, 0.2) is 60.8 Å². The Balaban J connectivity index is 0.000000328. The Hall–Kier alpha value is -4.20. The predicted octanol–water partition coefficient (Wildman–Crippen LogP) is 1.64. The number of ether oxygens (including phenoxy) is 1. The SMILES string of the molecule is N#Cc1cccc2ccn(CCCOC(=O)c3ccccc3)c12.O=C(O)C(O)C(O)C(=O)O. The average molecular weight is 454 g/mol. The third-order valence-electron chi connectivity index (χ3n) is 4.50. The lowest BCUT2D eigenvalue weighted by Crippen LogP contribution is -2.39. The molecule has 172 valence electrons. The molecule has 10 nitrogen and oxygen atoms in total. The summed E-state index contributed by atoms with van der Waals surface area (Å²) in [5.41, 5.74) is 2.16. The summed E-state index contributed by atoms with van der Waals surface area (Å²) in [7, 11) is 0. The number of nitrogens with zero attached hydrogens (tertiary/aromatic N) is 2. The van der Waals surface area contributed by atoms with E-state index in [1.165, 1.54) is 0 Å². The van der Waals surface area contributed by atoms with E-state index in [1.54, 1.807) is 12.1 Å². The van der Waals surface area contributed by atoms with E-state index in [0.717, 1.165) is 10.9 Å². The summed E-state index contributed by atoms with van der Waals surface area (Å²) in [5, 5.41) is 42.8.